The van der Waals surface area contributed by atoms with Gasteiger partial charge >= 0.3 is 0 Å². The fourth-order valence-corrected chi connectivity index (χ4v) is 20.5. The normalized spacial score (nSPS) is 12.4. The predicted octanol–water partition coefficient (Wildman–Crippen LogP) is 32.5. The predicted molar refractivity (Wildman–Crippen MR) is 559 cm³/mol. The van der Waals surface area contributed by atoms with Crippen molar-refractivity contribution >= 4 is 57.2 Å². The number of rotatable bonds is 16. The van der Waals surface area contributed by atoms with Crippen molar-refractivity contribution in [1.29, 1.82) is 0 Å². The first kappa shape index (κ1) is 82.9. The summed E-state index contributed by atoms with van der Waals surface area (Å²) >= 11 is 0. The average molecular weight is 1690 g/mol. The zero-order chi connectivity index (χ0) is 89.7. The largest absolute Gasteiger partial charge is 0.310 e. The Morgan fingerprint density at radius 2 is 0.405 bits per heavy atom. The Morgan fingerprint density at radius 3 is 0.641 bits per heavy atom. The lowest BCUT2D eigenvalue weighted by molar-refractivity contribution is 0.590. The SMILES string of the molecule is Cc1c(C)c(-c2ccccc2)n(-c2ccc3c(c2)N(c2c(-c4cccc(-c5ccccc5)c4)cc(C(C)(C)C)cc2-c2cccc(-c4ccccc4)c2)c2cc(C(C)(C)C)cc4c2B3c2ccc(-n3c(-c5ccccc5)c(C)c(C)c3-c3ccccc3)cc2N4c2c(-c3cccc(-c4ccccc4)c3)cc(C(C)(C)C)cc2-c2cccc(-c3ccccc3)c2)c1-c1ccccc1. The Bertz CT molecular complexity index is 6800. The summed E-state index contributed by atoms with van der Waals surface area (Å²) in [4.78, 5) is 5.58. The van der Waals surface area contributed by atoms with Crippen LogP contribution < -0.4 is 26.2 Å². The van der Waals surface area contributed by atoms with E-state index in [1.165, 1.54) is 55.3 Å². The highest BCUT2D eigenvalue weighted by Crippen LogP contribution is 2.57. The number of fused-ring (bicyclic) bond motifs is 4. The van der Waals surface area contributed by atoms with Crippen molar-refractivity contribution in [3.05, 3.63) is 451 Å². The van der Waals surface area contributed by atoms with Crippen molar-refractivity contribution in [2.75, 3.05) is 9.80 Å². The van der Waals surface area contributed by atoms with Gasteiger partial charge in [-0.1, -0.05) is 390 Å². The van der Waals surface area contributed by atoms with Crippen LogP contribution in [0.1, 0.15) is 101 Å². The van der Waals surface area contributed by atoms with Crippen LogP contribution in [-0.2, 0) is 16.2 Å². The van der Waals surface area contributed by atoms with Crippen LogP contribution in [0.5, 0.6) is 0 Å². The summed E-state index contributed by atoms with van der Waals surface area (Å²) in [6.45, 7) is 30.5. The molecule has 4 nitrogen and oxygen atoms in total. The highest BCUT2D eigenvalue weighted by atomic mass is 15.2. The molecule has 0 saturated carbocycles. The molecule has 19 aromatic rings. The molecule has 5 heteroatoms. The Morgan fingerprint density at radius 1 is 0.191 bits per heavy atom. The van der Waals surface area contributed by atoms with E-state index in [1.54, 1.807) is 0 Å². The number of aromatic nitrogens is 2. The third-order valence-electron chi connectivity index (χ3n) is 27.6. The number of anilines is 6. The van der Waals surface area contributed by atoms with Crippen molar-refractivity contribution in [2.24, 2.45) is 0 Å². The van der Waals surface area contributed by atoms with E-state index >= 15 is 0 Å². The summed E-state index contributed by atoms with van der Waals surface area (Å²) in [7, 11) is 0. The minimum absolute atomic E-state index is 0.310. The second kappa shape index (κ2) is 33.2. The fraction of sp³-hybridized carbons (Fsp3) is 0.127. The third kappa shape index (κ3) is 15.0. The van der Waals surface area contributed by atoms with Gasteiger partial charge in [-0.2, -0.15) is 0 Å². The van der Waals surface area contributed by atoms with E-state index in [0.717, 1.165) is 180 Å². The second-order valence-electron chi connectivity index (χ2n) is 38.9. The van der Waals surface area contributed by atoms with E-state index < -0.39 is 5.41 Å². The monoisotopic (exact) mass is 1690 g/mol. The van der Waals surface area contributed by atoms with E-state index in [2.05, 4.69) is 521 Å². The Balaban J connectivity index is 0.971. The topological polar surface area (TPSA) is 16.3 Å². The Hall–Kier alpha value is -15.0. The smallest absolute Gasteiger partial charge is 0.252 e. The summed E-state index contributed by atoms with van der Waals surface area (Å²) in [5, 5.41) is 0. The number of benzene rings is 17. The molecular weight excluding hydrogens is 1580 g/mol. The van der Waals surface area contributed by atoms with Crippen LogP contribution in [0.4, 0.5) is 34.1 Å². The molecule has 0 saturated heterocycles. The molecule has 0 N–H and O–H groups in total. The van der Waals surface area contributed by atoms with Crippen LogP contribution in [0.15, 0.2) is 413 Å². The van der Waals surface area contributed by atoms with Crippen LogP contribution in [0.25, 0.3) is 145 Å². The van der Waals surface area contributed by atoms with Gasteiger partial charge in [0.05, 0.1) is 34.2 Å². The lowest BCUT2D eigenvalue weighted by Gasteiger charge is -2.47. The standard InChI is InChI=1S/C126H107BN4/c1-82-83(2)119(91-52-32-19-33-53-91)128(118(82)90-50-30-18-31-51-90)105-66-68-111-113(80-105)130(122-107(98-62-38-58-94(70-98)86-42-22-14-23-43-86)74-102(124(5,6)7)75-108(122)99-63-39-59-95(71-99)87-44-24-15-25-45-87)115-78-104(126(11,12)13)79-116-117(115)127(111)112-69-67-106(129-120(92-54-34-20-35-55-92)84(3)85(4)121(129)93-56-36-21-37-57-93)81-114(112)131(116)123-109(100-64-40-60-96(72-100)88-46-26-16-27-47-88)76-103(125(8,9)10)77-110(123)101-65-41-61-97(73-101)89-48-28-17-29-49-89/h14-81H,1-13H3. The minimum Gasteiger partial charge on any atom is -0.310 e. The maximum atomic E-state index is 2.79. The molecule has 0 radical (unpaired) electrons. The highest BCUT2D eigenvalue weighted by Gasteiger charge is 2.47. The van der Waals surface area contributed by atoms with Crippen LogP contribution in [0, 0.1) is 27.7 Å². The number of hydrogen-bond acceptors (Lipinski definition) is 2. The maximum absolute atomic E-state index is 2.79. The first-order chi connectivity index (χ1) is 63.6. The van der Waals surface area contributed by atoms with Gasteiger partial charge in [-0.25, -0.2) is 0 Å². The average Bonchev–Trinajstić information content (AvgIpc) is 1.32. The summed E-state index contributed by atoms with van der Waals surface area (Å²) in [5.41, 5.74) is 47.2. The van der Waals surface area contributed by atoms with Gasteiger partial charge in [0, 0.05) is 56.4 Å². The maximum Gasteiger partial charge on any atom is 0.252 e. The van der Waals surface area contributed by atoms with E-state index in [9.17, 15) is 0 Å². The molecular formula is C126H107BN4. The Kier molecular flexibility index (Phi) is 21.0. The lowest BCUT2D eigenvalue weighted by atomic mass is 9.33. The van der Waals surface area contributed by atoms with Crippen LogP contribution in [0.3, 0.4) is 0 Å². The van der Waals surface area contributed by atoms with E-state index in [-0.39, 0.29) is 17.5 Å². The summed E-state index contributed by atoms with van der Waals surface area (Å²) in [6.07, 6.45) is 0. The molecule has 0 spiro atoms. The molecule has 0 amide bonds. The number of nitrogens with zero attached hydrogens (tertiary/aromatic N) is 4. The van der Waals surface area contributed by atoms with Gasteiger partial charge in [0.2, 0.25) is 0 Å². The van der Waals surface area contributed by atoms with Crippen molar-refractivity contribution in [1.82, 2.24) is 9.13 Å². The molecule has 2 aliphatic heterocycles. The molecule has 2 aliphatic rings. The van der Waals surface area contributed by atoms with Gasteiger partial charge in [0.1, 0.15) is 0 Å². The molecule has 0 aliphatic carbocycles. The van der Waals surface area contributed by atoms with Gasteiger partial charge in [0.15, 0.2) is 0 Å². The number of hydrogen-bond donors (Lipinski definition) is 0. The van der Waals surface area contributed by atoms with Gasteiger partial charge in [-0.15, -0.1) is 0 Å². The molecule has 21 rings (SSSR count). The van der Waals surface area contributed by atoms with Gasteiger partial charge in [0.25, 0.3) is 6.71 Å². The van der Waals surface area contributed by atoms with Crippen LogP contribution in [0.2, 0.25) is 0 Å². The Labute approximate surface area is 773 Å². The van der Waals surface area contributed by atoms with Crippen molar-refractivity contribution in [2.45, 2.75) is 106 Å². The minimum atomic E-state index is -0.446. The van der Waals surface area contributed by atoms with Crippen molar-refractivity contribution < 1.29 is 0 Å². The zero-order valence-electron chi connectivity index (χ0n) is 77.1. The van der Waals surface area contributed by atoms with E-state index in [1.807, 2.05) is 0 Å². The lowest BCUT2D eigenvalue weighted by Crippen LogP contribution is -2.61. The zero-order valence-corrected chi connectivity index (χ0v) is 77.1. The molecule has 634 valence electrons. The summed E-state index contributed by atoms with van der Waals surface area (Å²) in [5.74, 6) is 0. The molecule has 0 atom stereocenters. The third-order valence-corrected chi connectivity index (χ3v) is 27.6. The van der Waals surface area contributed by atoms with Crippen molar-refractivity contribution in [3.8, 4) is 145 Å². The summed E-state index contributed by atoms with van der Waals surface area (Å²) in [6, 6.07) is 157. The van der Waals surface area contributed by atoms with E-state index in [0.29, 0.717) is 0 Å². The van der Waals surface area contributed by atoms with Gasteiger partial charge < -0.3 is 18.9 Å². The molecule has 0 bridgehead atoms. The van der Waals surface area contributed by atoms with E-state index in [4.69, 9.17) is 0 Å². The molecule has 0 unspecified atom stereocenters. The molecule has 2 aromatic heterocycles. The second-order valence-corrected chi connectivity index (χ2v) is 38.9. The summed E-state index contributed by atoms with van der Waals surface area (Å²) < 4.78 is 5.19. The van der Waals surface area contributed by atoms with Crippen LogP contribution in [-0.4, -0.2) is 15.8 Å². The van der Waals surface area contributed by atoms with Gasteiger partial charge in [-0.3, -0.25) is 0 Å². The van der Waals surface area contributed by atoms with Crippen LogP contribution >= 0.6 is 0 Å². The first-order valence-corrected chi connectivity index (χ1v) is 46.3. The fourth-order valence-electron chi connectivity index (χ4n) is 20.5. The molecule has 17 aromatic carbocycles. The first-order valence-electron chi connectivity index (χ1n) is 46.3. The molecule has 0 fully saturated rings. The van der Waals surface area contributed by atoms with Crippen molar-refractivity contribution in [3.63, 3.8) is 0 Å². The quantitative estimate of drug-likeness (QED) is 0.0897. The van der Waals surface area contributed by atoms with Gasteiger partial charge in [-0.05, 0) is 273 Å². The molecule has 131 heavy (non-hydrogen) atoms. The molecule has 4 heterocycles. The highest BCUT2D eigenvalue weighted by molar-refractivity contribution is 7.00.